The van der Waals surface area contributed by atoms with Crippen LogP contribution in [0.3, 0.4) is 0 Å². The monoisotopic (exact) mass is 396 g/mol. The molecule has 0 saturated heterocycles. The number of hydrogen-bond acceptors (Lipinski definition) is 4. The second-order valence-corrected chi connectivity index (χ2v) is 7.47. The number of nitrogens with one attached hydrogen (secondary N) is 1. The van der Waals surface area contributed by atoms with Crippen LogP contribution in [0.25, 0.3) is 5.69 Å². The molecule has 1 fully saturated rings. The number of amides is 1. The molecule has 0 aliphatic heterocycles. The lowest BCUT2D eigenvalue weighted by Gasteiger charge is -2.43. The minimum absolute atomic E-state index is 0.221. The highest BCUT2D eigenvalue weighted by Gasteiger charge is 2.40. The Hall–Kier alpha value is -2.86. The minimum Gasteiger partial charge on any atom is -0.497 e. The largest absolute Gasteiger partial charge is 0.497 e. The molecule has 1 aliphatic carbocycles. The summed E-state index contributed by atoms with van der Waals surface area (Å²) in [5.74, 6) is 0.496. The Morgan fingerprint density at radius 3 is 2.61 bits per heavy atom. The first-order valence-electron chi connectivity index (χ1n) is 9.18. The lowest BCUT2D eigenvalue weighted by molar-refractivity contribution is 0.0817. The summed E-state index contributed by atoms with van der Waals surface area (Å²) in [6.07, 6.45) is 2.85. The third-order valence-corrected chi connectivity index (χ3v) is 5.62. The molecule has 1 heterocycles. The molecule has 1 amide bonds. The van der Waals surface area contributed by atoms with Gasteiger partial charge in [0.1, 0.15) is 5.75 Å². The number of aromatic nitrogens is 3. The van der Waals surface area contributed by atoms with E-state index in [-0.39, 0.29) is 11.4 Å². The van der Waals surface area contributed by atoms with Crippen LogP contribution < -0.4 is 10.1 Å². The number of carbonyl (C=O) groups excluding carboxylic acids is 1. The van der Waals surface area contributed by atoms with Gasteiger partial charge in [-0.2, -0.15) is 0 Å². The van der Waals surface area contributed by atoms with Crippen molar-refractivity contribution in [2.45, 2.75) is 31.7 Å². The van der Waals surface area contributed by atoms with Crippen LogP contribution in [0.2, 0.25) is 5.02 Å². The highest BCUT2D eigenvalue weighted by molar-refractivity contribution is 6.30. The van der Waals surface area contributed by atoms with Crippen LogP contribution in [0.15, 0.2) is 48.5 Å². The zero-order valence-corrected chi connectivity index (χ0v) is 16.5. The van der Waals surface area contributed by atoms with Crippen LogP contribution in [0, 0.1) is 6.92 Å². The highest BCUT2D eigenvalue weighted by Crippen LogP contribution is 2.41. The van der Waals surface area contributed by atoms with E-state index in [2.05, 4.69) is 15.6 Å². The normalized spacial score (nSPS) is 15.0. The predicted octanol–water partition coefficient (Wildman–Crippen LogP) is 4.05. The summed E-state index contributed by atoms with van der Waals surface area (Å²) >= 11 is 6.01. The summed E-state index contributed by atoms with van der Waals surface area (Å²) in [6, 6.07) is 15.1. The summed E-state index contributed by atoms with van der Waals surface area (Å²) in [7, 11) is 1.61. The molecular weight excluding hydrogens is 376 g/mol. The SMILES string of the molecule is COc1cccc(-n2nnc(C(=O)NC3(c4ccc(Cl)cc4)CCC3)c2C)c1. The molecule has 0 spiro atoms. The number of rotatable bonds is 5. The Balaban J connectivity index is 1.60. The zero-order chi connectivity index (χ0) is 19.7. The van der Waals surface area contributed by atoms with Crippen LogP contribution in [-0.2, 0) is 5.54 Å². The third-order valence-electron chi connectivity index (χ3n) is 5.36. The van der Waals surface area contributed by atoms with Crippen LogP contribution >= 0.6 is 11.6 Å². The van der Waals surface area contributed by atoms with Gasteiger partial charge in [0, 0.05) is 11.1 Å². The van der Waals surface area contributed by atoms with E-state index < -0.39 is 0 Å². The third kappa shape index (κ3) is 3.24. The van der Waals surface area contributed by atoms with Crippen molar-refractivity contribution in [2.75, 3.05) is 7.11 Å². The lowest BCUT2D eigenvalue weighted by atomic mass is 9.71. The highest BCUT2D eigenvalue weighted by atomic mass is 35.5. The molecule has 7 heteroatoms. The Morgan fingerprint density at radius 1 is 1.21 bits per heavy atom. The second-order valence-electron chi connectivity index (χ2n) is 7.03. The van der Waals surface area contributed by atoms with Crippen LogP contribution in [0.1, 0.15) is 41.0 Å². The van der Waals surface area contributed by atoms with Crippen LogP contribution in [-0.4, -0.2) is 28.0 Å². The van der Waals surface area contributed by atoms with E-state index >= 15 is 0 Å². The number of methoxy groups -OCH3 is 1. The number of ether oxygens (including phenoxy) is 1. The summed E-state index contributed by atoms with van der Waals surface area (Å²) in [5.41, 5.74) is 2.49. The average molecular weight is 397 g/mol. The fourth-order valence-electron chi connectivity index (χ4n) is 3.59. The van der Waals surface area contributed by atoms with Crippen molar-refractivity contribution in [1.82, 2.24) is 20.3 Å². The smallest absolute Gasteiger partial charge is 0.274 e. The molecule has 1 aliphatic rings. The van der Waals surface area contributed by atoms with E-state index in [1.54, 1.807) is 11.8 Å². The molecule has 1 aromatic heterocycles. The van der Waals surface area contributed by atoms with E-state index in [4.69, 9.17) is 16.3 Å². The molecule has 3 aromatic rings. The first-order chi connectivity index (χ1) is 13.5. The van der Waals surface area contributed by atoms with E-state index in [9.17, 15) is 4.79 Å². The summed E-state index contributed by atoms with van der Waals surface area (Å²) in [4.78, 5) is 13.0. The van der Waals surface area contributed by atoms with Gasteiger partial charge in [0.05, 0.1) is 24.0 Å². The first-order valence-corrected chi connectivity index (χ1v) is 9.55. The number of benzene rings is 2. The van der Waals surface area contributed by atoms with Crippen molar-refractivity contribution in [3.05, 3.63) is 70.5 Å². The zero-order valence-electron chi connectivity index (χ0n) is 15.8. The van der Waals surface area contributed by atoms with Crippen LogP contribution in [0.5, 0.6) is 5.75 Å². The summed E-state index contributed by atoms with van der Waals surface area (Å²) in [5, 5.41) is 12.2. The first kappa shape index (κ1) is 18.5. The molecule has 1 N–H and O–H groups in total. The standard InChI is InChI=1S/C21H21ClN4O2/c1-14-19(24-25-26(14)17-5-3-6-18(13-17)28-2)20(27)23-21(11-4-12-21)15-7-9-16(22)10-8-15/h3,5-10,13H,4,11-12H2,1-2H3,(H,23,27). The maximum Gasteiger partial charge on any atom is 0.274 e. The molecule has 0 bridgehead atoms. The Morgan fingerprint density at radius 2 is 1.96 bits per heavy atom. The number of nitrogens with zero attached hydrogens (tertiary/aromatic N) is 3. The molecule has 28 heavy (non-hydrogen) atoms. The van der Waals surface area contributed by atoms with Crippen molar-refractivity contribution in [2.24, 2.45) is 0 Å². The van der Waals surface area contributed by atoms with Gasteiger partial charge in [-0.1, -0.05) is 35.0 Å². The minimum atomic E-state index is -0.367. The molecule has 1 saturated carbocycles. The number of hydrogen-bond donors (Lipinski definition) is 1. The van der Waals surface area contributed by atoms with Crippen molar-refractivity contribution in [3.63, 3.8) is 0 Å². The van der Waals surface area contributed by atoms with Gasteiger partial charge in [-0.3, -0.25) is 4.79 Å². The van der Waals surface area contributed by atoms with Gasteiger partial charge >= 0.3 is 0 Å². The fourth-order valence-corrected chi connectivity index (χ4v) is 3.71. The maximum absolute atomic E-state index is 13.0. The summed E-state index contributed by atoms with van der Waals surface area (Å²) < 4.78 is 6.91. The Kier molecular flexibility index (Phi) is 4.81. The molecule has 144 valence electrons. The molecule has 0 radical (unpaired) electrons. The topological polar surface area (TPSA) is 69.0 Å². The Bertz CT molecular complexity index is 1010. The van der Waals surface area contributed by atoms with Crippen molar-refractivity contribution in [3.8, 4) is 11.4 Å². The number of carbonyl (C=O) groups is 1. The van der Waals surface area contributed by atoms with Crippen LogP contribution in [0.4, 0.5) is 0 Å². The molecule has 6 nitrogen and oxygen atoms in total. The van der Waals surface area contributed by atoms with Gasteiger partial charge in [-0.05, 0) is 56.0 Å². The second kappa shape index (κ2) is 7.28. The Labute approximate surface area is 168 Å². The van der Waals surface area contributed by atoms with Crippen molar-refractivity contribution < 1.29 is 9.53 Å². The van der Waals surface area contributed by atoms with E-state index in [0.29, 0.717) is 16.4 Å². The van der Waals surface area contributed by atoms with Gasteiger partial charge in [0.25, 0.3) is 5.91 Å². The average Bonchev–Trinajstić information content (AvgIpc) is 3.07. The molecule has 2 aromatic carbocycles. The maximum atomic E-state index is 13.0. The summed E-state index contributed by atoms with van der Waals surface area (Å²) in [6.45, 7) is 1.84. The van der Waals surface area contributed by atoms with E-state index in [0.717, 1.165) is 36.3 Å². The van der Waals surface area contributed by atoms with E-state index in [1.165, 1.54) is 0 Å². The molecule has 0 atom stereocenters. The van der Waals surface area contributed by atoms with Gasteiger partial charge in [0.2, 0.25) is 0 Å². The van der Waals surface area contributed by atoms with Gasteiger partial charge < -0.3 is 10.1 Å². The molecule has 4 rings (SSSR count). The molecule has 0 unspecified atom stereocenters. The fraction of sp³-hybridized carbons (Fsp3) is 0.286. The quantitative estimate of drug-likeness (QED) is 0.706. The van der Waals surface area contributed by atoms with Gasteiger partial charge in [-0.15, -0.1) is 5.10 Å². The predicted molar refractivity (Wildman–Crippen MR) is 107 cm³/mol. The van der Waals surface area contributed by atoms with Crippen molar-refractivity contribution in [1.29, 1.82) is 0 Å². The van der Waals surface area contributed by atoms with E-state index in [1.807, 2.05) is 55.5 Å². The van der Waals surface area contributed by atoms with Gasteiger partial charge in [0.15, 0.2) is 5.69 Å². The molecular formula is C21H21ClN4O2. The lowest BCUT2D eigenvalue weighted by Crippen LogP contribution is -2.51. The van der Waals surface area contributed by atoms with Gasteiger partial charge in [-0.25, -0.2) is 4.68 Å². The van der Waals surface area contributed by atoms with Crippen molar-refractivity contribution >= 4 is 17.5 Å². The number of halogens is 1.